The smallest absolute Gasteiger partial charge is 0.180 e. The predicted molar refractivity (Wildman–Crippen MR) is 30.3 cm³/mol. The first-order valence-electron chi connectivity index (χ1n) is 2.65. The number of rotatable bonds is 2. The van der Waals surface area contributed by atoms with Crippen LogP contribution >= 0.6 is 0 Å². The molecule has 0 aliphatic rings. The molecule has 56 valence electrons. The first kappa shape index (κ1) is 8.78. The lowest BCUT2D eigenvalue weighted by Crippen LogP contribution is -2.48. The molecule has 4 heteroatoms. The fourth-order valence-corrected chi connectivity index (χ4v) is 0.219. The molecule has 0 saturated carbocycles. The number of alkyl halides is 2. The van der Waals surface area contributed by atoms with Crippen molar-refractivity contribution < 1.29 is 13.9 Å². The quantitative estimate of drug-likeness (QED) is 0.542. The summed E-state index contributed by atoms with van der Waals surface area (Å²) in [7, 11) is 0. The Morgan fingerprint density at radius 1 is 1.56 bits per heavy atom. The first-order valence-corrected chi connectivity index (χ1v) is 2.65. The van der Waals surface area contributed by atoms with Crippen LogP contribution in [0.1, 0.15) is 13.8 Å². The first-order chi connectivity index (χ1) is 3.89. The molecule has 0 bridgehead atoms. The van der Waals surface area contributed by atoms with Crippen LogP contribution in [0.25, 0.3) is 0 Å². The Morgan fingerprint density at radius 3 is 1.89 bits per heavy atom. The molecular formula is C5H11F2NO. The maximum Gasteiger partial charge on any atom is 0.180 e. The van der Waals surface area contributed by atoms with Crippen molar-refractivity contribution in [2.45, 2.75) is 31.9 Å². The SMILES string of the molecule is CC(F)C(C)(O)C(N)F. The summed E-state index contributed by atoms with van der Waals surface area (Å²) in [5.74, 6) is 0. The summed E-state index contributed by atoms with van der Waals surface area (Å²) < 4.78 is 24.2. The van der Waals surface area contributed by atoms with Crippen molar-refractivity contribution in [3.63, 3.8) is 0 Å². The lowest BCUT2D eigenvalue weighted by atomic mass is 10.0. The minimum atomic E-state index is -2.06. The van der Waals surface area contributed by atoms with E-state index in [9.17, 15) is 8.78 Å². The largest absolute Gasteiger partial charge is 0.383 e. The summed E-state index contributed by atoms with van der Waals surface area (Å²) in [6.07, 6.45) is -3.69. The van der Waals surface area contributed by atoms with Crippen LogP contribution in [0.3, 0.4) is 0 Å². The molecule has 0 aromatic carbocycles. The monoisotopic (exact) mass is 139 g/mol. The summed E-state index contributed by atoms with van der Waals surface area (Å²) in [4.78, 5) is 0. The second kappa shape index (κ2) is 2.58. The van der Waals surface area contributed by atoms with Crippen LogP contribution in [0.4, 0.5) is 8.78 Å². The predicted octanol–water partition coefficient (Wildman–Crippen LogP) is 0.350. The zero-order chi connectivity index (χ0) is 7.65. The molecule has 0 aliphatic heterocycles. The standard InChI is InChI=1S/C5H11F2NO/c1-3(6)5(2,9)4(7)8/h3-4,9H,8H2,1-2H3. The minimum absolute atomic E-state index is 1.02. The molecule has 0 aromatic rings. The van der Waals surface area contributed by atoms with Gasteiger partial charge in [0.05, 0.1) is 0 Å². The van der Waals surface area contributed by atoms with Crippen molar-refractivity contribution in [1.82, 2.24) is 0 Å². The Morgan fingerprint density at radius 2 is 1.89 bits per heavy atom. The highest BCUT2D eigenvalue weighted by Gasteiger charge is 2.35. The van der Waals surface area contributed by atoms with Gasteiger partial charge in [0.25, 0.3) is 0 Å². The van der Waals surface area contributed by atoms with Crippen LogP contribution in [-0.2, 0) is 0 Å². The van der Waals surface area contributed by atoms with Gasteiger partial charge in [0.1, 0.15) is 11.8 Å². The van der Waals surface area contributed by atoms with Crippen molar-refractivity contribution in [3.05, 3.63) is 0 Å². The van der Waals surface area contributed by atoms with E-state index in [2.05, 4.69) is 5.73 Å². The van der Waals surface area contributed by atoms with E-state index in [1.54, 1.807) is 0 Å². The van der Waals surface area contributed by atoms with Crippen LogP contribution in [0.2, 0.25) is 0 Å². The third-order valence-corrected chi connectivity index (χ3v) is 1.36. The normalized spacial score (nSPS) is 24.7. The van der Waals surface area contributed by atoms with Crippen LogP contribution in [0.5, 0.6) is 0 Å². The summed E-state index contributed by atoms with van der Waals surface area (Å²) >= 11 is 0. The fraction of sp³-hybridized carbons (Fsp3) is 1.00. The van der Waals surface area contributed by atoms with Gasteiger partial charge in [-0.2, -0.15) is 0 Å². The topological polar surface area (TPSA) is 46.2 Å². The third-order valence-electron chi connectivity index (χ3n) is 1.36. The van der Waals surface area contributed by atoms with E-state index in [0.29, 0.717) is 0 Å². The Labute approximate surface area is 52.7 Å². The molecule has 0 heterocycles. The molecular weight excluding hydrogens is 128 g/mol. The summed E-state index contributed by atoms with van der Waals surface area (Å²) in [6.45, 7) is 2.07. The lowest BCUT2D eigenvalue weighted by Gasteiger charge is -2.25. The average molecular weight is 139 g/mol. The molecule has 0 aliphatic carbocycles. The summed E-state index contributed by atoms with van der Waals surface area (Å²) in [6, 6.07) is 0. The van der Waals surface area contributed by atoms with Crippen LogP contribution < -0.4 is 5.73 Å². The van der Waals surface area contributed by atoms with E-state index in [4.69, 9.17) is 5.11 Å². The van der Waals surface area contributed by atoms with Gasteiger partial charge in [0.2, 0.25) is 0 Å². The molecule has 3 N–H and O–H groups in total. The van der Waals surface area contributed by atoms with Crippen molar-refractivity contribution >= 4 is 0 Å². The minimum Gasteiger partial charge on any atom is -0.383 e. The lowest BCUT2D eigenvalue weighted by molar-refractivity contribution is -0.0697. The number of nitrogens with two attached hydrogens (primary N) is 1. The van der Waals surface area contributed by atoms with Gasteiger partial charge in [-0.15, -0.1) is 0 Å². The number of hydrogen-bond donors (Lipinski definition) is 2. The van der Waals surface area contributed by atoms with Crippen LogP contribution in [0, 0.1) is 0 Å². The highest BCUT2D eigenvalue weighted by molar-refractivity contribution is 4.83. The molecule has 0 aromatic heterocycles. The molecule has 3 atom stereocenters. The summed E-state index contributed by atoms with van der Waals surface area (Å²) in [5, 5.41) is 8.79. The second-order valence-electron chi connectivity index (χ2n) is 2.24. The average Bonchev–Trinajstić information content (AvgIpc) is 1.65. The van der Waals surface area contributed by atoms with Gasteiger partial charge in [0, 0.05) is 0 Å². The van der Waals surface area contributed by atoms with Gasteiger partial charge in [-0.25, -0.2) is 8.78 Å². The molecule has 0 fully saturated rings. The van der Waals surface area contributed by atoms with Crippen molar-refractivity contribution in [1.29, 1.82) is 0 Å². The Hall–Kier alpha value is -0.220. The second-order valence-corrected chi connectivity index (χ2v) is 2.24. The molecule has 0 amide bonds. The highest BCUT2D eigenvalue weighted by atomic mass is 19.1. The van der Waals surface area contributed by atoms with Gasteiger partial charge in [-0.05, 0) is 13.8 Å². The van der Waals surface area contributed by atoms with E-state index >= 15 is 0 Å². The van der Waals surface area contributed by atoms with Crippen LogP contribution in [-0.4, -0.2) is 23.2 Å². The highest BCUT2D eigenvalue weighted by Crippen LogP contribution is 2.16. The van der Waals surface area contributed by atoms with Gasteiger partial charge < -0.3 is 5.11 Å². The number of halogens is 2. The maximum atomic E-state index is 12.2. The van der Waals surface area contributed by atoms with Gasteiger partial charge in [0.15, 0.2) is 6.30 Å². The van der Waals surface area contributed by atoms with E-state index in [0.717, 1.165) is 13.8 Å². The molecule has 3 unspecified atom stereocenters. The zero-order valence-corrected chi connectivity index (χ0v) is 5.44. The molecule has 0 rings (SSSR count). The zero-order valence-electron chi connectivity index (χ0n) is 5.44. The number of aliphatic hydroxyl groups is 1. The summed E-state index contributed by atoms with van der Waals surface area (Å²) in [5.41, 5.74) is 2.56. The van der Waals surface area contributed by atoms with Gasteiger partial charge >= 0.3 is 0 Å². The molecule has 9 heavy (non-hydrogen) atoms. The molecule has 2 nitrogen and oxygen atoms in total. The van der Waals surface area contributed by atoms with Gasteiger partial charge in [-0.1, -0.05) is 0 Å². The van der Waals surface area contributed by atoms with E-state index in [-0.39, 0.29) is 0 Å². The van der Waals surface area contributed by atoms with Gasteiger partial charge in [-0.3, -0.25) is 5.73 Å². The van der Waals surface area contributed by atoms with E-state index < -0.39 is 18.1 Å². The van der Waals surface area contributed by atoms with Crippen molar-refractivity contribution in [3.8, 4) is 0 Å². The number of hydrogen-bond acceptors (Lipinski definition) is 2. The van der Waals surface area contributed by atoms with E-state index in [1.165, 1.54) is 0 Å². The molecule has 0 saturated heterocycles. The third kappa shape index (κ3) is 1.87. The Kier molecular flexibility index (Phi) is 2.51. The Balaban J connectivity index is 4.01. The molecule has 0 spiro atoms. The maximum absolute atomic E-state index is 12.2. The van der Waals surface area contributed by atoms with Crippen molar-refractivity contribution in [2.75, 3.05) is 0 Å². The molecule has 0 radical (unpaired) electrons. The van der Waals surface area contributed by atoms with Crippen molar-refractivity contribution in [2.24, 2.45) is 5.73 Å². The van der Waals surface area contributed by atoms with E-state index in [1.807, 2.05) is 0 Å². The van der Waals surface area contributed by atoms with Crippen LogP contribution in [0.15, 0.2) is 0 Å². The Bertz CT molecular complexity index is 83.0. The fourth-order valence-electron chi connectivity index (χ4n) is 0.219.